The van der Waals surface area contributed by atoms with Gasteiger partial charge in [-0.25, -0.2) is 0 Å². The summed E-state index contributed by atoms with van der Waals surface area (Å²) in [6, 6.07) is 2.21. The summed E-state index contributed by atoms with van der Waals surface area (Å²) in [5.41, 5.74) is -3.32. The van der Waals surface area contributed by atoms with Gasteiger partial charge >= 0.3 is 5.97 Å². The number of ether oxygens (including phenoxy) is 2. The quantitative estimate of drug-likeness (QED) is 0.405. The molecule has 4 saturated carbocycles. The van der Waals surface area contributed by atoms with E-state index in [0.717, 1.165) is 18.4 Å². The number of rotatable bonds is 1. The van der Waals surface area contributed by atoms with Crippen molar-refractivity contribution in [2.24, 2.45) is 50.7 Å². The average molecular weight is 524 g/mol. The second-order valence-corrected chi connectivity index (χ2v) is 15.0. The standard InChI is InChI=1S/C31H41NO6/c1-26(2)13-17-22-16(8-11-30(17,14-21(26)34)25(36)37-7)28(5)10-9-19-27(3,4)23(35)31(15-32)24(38-31)29(19,6)20(28)12-18(22)33/h12,16-17,19,21-22,24,34H,8-11,13-14H2,1-7H3/t16?,17-,19-,21-,22-,24+,28-,29-,30+,31-/m0/s1. The van der Waals surface area contributed by atoms with Crippen molar-refractivity contribution < 1.29 is 29.0 Å². The fourth-order valence-electron chi connectivity index (χ4n) is 10.7. The van der Waals surface area contributed by atoms with Crippen LogP contribution in [0.1, 0.15) is 80.1 Å². The zero-order chi connectivity index (χ0) is 27.8. The van der Waals surface area contributed by atoms with E-state index in [1.165, 1.54) is 7.11 Å². The molecule has 6 aliphatic rings. The number of aliphatic hydroxyl groups excluding tert-OH is 1. The highest BCUT2D eigenvalue weighted by Crippen LogP contribution is 2.75. The van der Waals surface area contributed by atoms with Crippen LogP contribution >= 0.6 is 0 Å². The van der Waals surface area contributed by atoms with Gasteiger partial charge in [-0.1, -0.05) is 47.1 Å². The molecule has 1 saturated heterocycles. The number of epoxide rings is 1. The van der Waals surface area contributed by atoms with Gasteiger partial charge in [0, 0.05) is 16.7 Å². The van der Waals surface area contributed by atoms with Gasteiger partial charge in [-0.3, -0.25) is 14.4 Å². The Morgan fingerprint density at radius 1 is 1.08 bits per heavy atom. The van der Waals surface area contributed by atoms with E-state index in [0.29, 0.717) is 25.7 Å². The van der Waals surface area contributed by atoms with E-state index in [1.54, 1.807) is 0 Å². The number of allylic oxidation sites excluding steroid dienone is 1. The van der Waals surface area contributed by atoms with Crippen LogP contribution in [0.3, 0.4) is 0 Å². The van der Waals surface area contributed by atoms with Gasteiger partial charge in [0.25, 0.3) is 0 Å². The minimum atomic E-state index is -1.43. The lowest BCUT2D eigenvalue weighted by Crippen LogP contribution is -2.65. The number of carbonyl (C=O) groups is 3. The van der Waals surface area contributed by atoms with Crippen LogP contribution in [0.2, 0.25) is 0 Å². The van der Waals surface area contributed by atoms with E-state index >= 15 is 0 Å². The van der Waals surface area contributed by atoms with E-state index in [9.17, 15) is 24.8 Å². The number of hydrogen-bond acceptors (Lipinski definition) is 7. The monoisotopic (exact) mass is 523 g/mol. The van der Waals surface area contributed by atoms with Crippen molar-refractivity contribution in [3.8, 4) is 6.07 Å². The van der Waals surface area contributed by atoms with Crippen LogP contribution in [0.25, 0.3) is 0 Å². The maximum Gasteiger partial charge on any atom is 0.312 e. The molecule has 7 nitrogen and oxygen atoms in total. The molecule has 0 radical (unpaired) electrons. The van der Waals surface area contributed by atoms with Crippen LogP contribution in [0.4, 0.5) is 0 Å². The molecule has 0 aromatic rings. The van der Waals surface area contributed by atoms with E-state index in [1.807, 2.05) is 33.8 Å². The Bertz CT molecular complexity index is 1230. The van der Waals surface area contributed by atoms with Crippen LogP contribution < -0.4 is 0 Å². The molecule has 5 aliphatic carbocycles. The number of carbonyl (C=O) groups excluding carboxylic acids is 3. The van der Waals surface area contributed by atoms with Gasteiger partial charge in [-0.15, -0.1) is 0 Å². The van der Waals surface area contributed by atoms with Crippen molar-refractivity contribution in [2.75, 3.05) is 7.11 Å². The molecular formula is C31H41NO6. The number of nitriles is 1. The number of methoxy groups -OCH3 is 1. The normalized spacial score (nSPS) is 51.6. The smallest absolute Gasteiger partial charge is 0.312 e. The van der Waals surface area contributed by atoms with Gasteiger partial charge in [0.05, 0.1) is 18.6 Å². The van der Waals surface area contributed by atoms with Gasteiger partial charge in [0.1, 0.15) is 12.2 Å². The zero-order valence-corrected chi connectivity index (χ0v) is 23.7. The zero-order valence-electron chi connectivity index (χ0n) is 23.7. The van der Waals surface area contributed by atoms with Gasteiger partial charge in [-0.05, 0) is 73.2 Å². The Kier molecular flexibility index (Phi) is 5.08. The third kappa shape index (κ3) is 2.74. The van der Waals surface area contributed by atoms with Gasteiger partial charge in [0.15, 0.2) is 11.6 Å². The molecule has 7 heteroatoms. The summed E-state index contributed by atoms with van der Waals surface area (Å²) < 4.78 is 11.4. The Balaban J connectivity index is 1.49. The van der Waals surface area contributed by atoms with Crippen LogP contribution in [-0.2, 0) is 23.9 Å². The third-order valence-electron chi connectivity index (χ3n) is 12.7. The molecular weight excluding hydrogens is 482 g/mol. The van der Waals surface area contributed by atoms with Gasteiger partial charge in [-0.2, -0.15) is 5.26 Å². The summed E-state index contributed by atoms with van der Waals surface area (Å²) in [6.07, 6.45) is 4.49. The molecule has 1 heterocycles. The lowest BCUT2D eigenvalue weighted by atomic mass is 9.37. The third-order valence-corrected chi connectivity index (χ3v) is 12.7. The lowest BCUT2D eigenvalue weighted by Gasteiger charge is -2.65. The predicted octanol–water partition coefficient (Wildman–Crippen LogP) is 4.17. The van der Waals surface area contributed by atoms with E-state index < -0.39 is 39.5 Å². The summed E-state index contributed by atoms with van der Waals surface area (Å²) in [6.45, 7) is 12.3. The Hall–Kier alpha value is -2.04. The summed E-state index contributed by atoms with van der Waals surface area (Å²) in [5, 5.41) is 21.1. The van der Waals surface area contributed by atoms with Crippen molar-refractivity contribution in [3.63, 3.8) is 0 Å². The Labute approximate surface area is 225 Å². The molecule has 1 unspecified atom stereocenters. The number of ketones is 2. The predicted molar refractivity (Wildman–Crippen MR) is 137 cm³/mol. The first-order valence-corrected chi connectivity index (χ1v) is 14.2. The molecule has 0 aromatic heterocycles. The number of fused-ring (bicyclic) bond motifs is 9. The maximum absolute atomic E-state index is 14.3. The van der Waals surface area contributed by atoms with Crippen LogP contribution in [0.5, 0.6) is 0 Å². The molecule has 6 rings (SSSR count). The highest BCUT2D eigenvalue weighted by Gasteiger charge is 2.82. The number of aliphatic hydroxyl groups is 1. The van der Waals surface area contributed by atoms with Crippen molar-refractivity contribution in [3.05, 3.63) is 11.6 Å². The van der Waals surface area contributed by atoms with E-state index in [4.69, 9.17) is 9.47 Å². The number of Topliss-reactive ketones (excluding diaryl/α,β-unsaturated/α-hetero) is 1. The average Bonchev–Trinajstić information content (AvgIpc) is 3.61. The first-order valence-electron chi connectivity index (χ1n) is 14.2. The second kappa shape index (κ2) is 7.37. The van der Waals surface area contributed by atoms with Crippen LogP contribution in [0.15, 0.2) is 11.6 Å². The molecule has 1 N–H and O–H groups in total. The van der Waals surface area contributed by atoms with E-state index in [-0.39, 0.29) is 46.6 Å². The lowest BCUT2D eigenvalue weighted by molar-refractivity contribution is -0.190. The highest BCUT2D eigenvalue weighted by molar-refractivity contribution is 6.01. The number of hydrogen-bond donors (Lipinski definition) is 1. The molecule has 5 fully saturated rings. The molecule has 10 atom stereocenters. The Morgan fingerprint density at radius 3 is 2.39 bits per heavy atom. The largest absolute Gasteiger partial charge is 0.469 e. The Morgan fingerprint density at radius 2 is 1.76 bits per heavy atom. The SMILES string of the molecule is COC(=O)[C@@]12CCC3[C@H](C(=O)C=C4[C@@]5(C)[C@H]6O[C@@]6(C#N)C(=O)C(C)(C)[C@@H]5CC[C@]43C)[C@@H]1CC(C)(C)[C@@H](O)C2. The minimum absolute atomic E-state index is 0.0262. The molecule has 1 aliphatic heterocycles. The van der Waals surface area contributed by atoms with Crippen molar-refractivity contribution in [1.82, 2.24) is 0 Å². The molecule has 0 amide bonds. The molecule has 0 spiro atoms. The molecule has 0 aromatic carbocycles. The van der Waals surface area contributed by atoms with Crippen molar-refractivity contribution in [2.45, 2.75) is 97.9 Å². The minimum Gasteiger partial charge on any atom is -0.469 e. The molecule has 38 heavy (non-hydrogen) atoms. The second-order valence-electron chi connectivity index (χ2n) is 15.0. The topological polar surface area (TPSA) is 117 Å². The van der Waals surface area contributed by atoms with E-state index in [2.05, 4.69) is 19.9 Å². The molecule has 206 valence electrons. The van der Waals surface area contributed by atoms with Gasteiger partial charge in [0.2, 0.25) is 5.60 Å². The summed E-state index contributed by atoms with van der Waals surface area (Å²) in [4.78, 5) is 41.1. The first kappa shape index (κ1) is 26.2. The summed E-state index contributed by atoms with van der Waals surface area (Å²) in [5.74, 6) is -0.932. The fraction of sp³-hybridized carbons (Fsp3) is 0.806. The first-order chi connectivity index (χ1) is 17.6. The van der Waals surface area contributed by atoms with Crippen LogP contribution in [-0.4, -0.2) is 47.6 Å². The van der Waals surface area contributed by atoms with Crippen molar-refractivity contribution >= 4 is 17.5 Å². The highest BCUT2D eigenvalue weighted by atomic mass is 16.6. The summed E-state index contributed by atoms with van der Waals surface area (Å²) in [7, 11) is 1.40. The molecule has 0 bridgehead atoms. The van der Waals surface area contributed by atoms with Crippen molar-refractivity contribution in [1.29, 1.82) is 5.26 Å². The maximum atomic E-state index is 14.3. The fourth-order valence-corrected chi connectivity index (χ4v) is 10.7. The van der Waals surface area contributed by atoms with Crippen LogP contribution in [0, 0.1) is 62.1 Å². The summed E-state index contributed by atoms with van der Waals surface area (Å²) >= 11 is 0. The van der Waals surface area contributed by atoms with Gasteiger partial charge < -0.3 is 14.6 Å². The number of nitrogens with zero attached hydrogens (tertiary/aromatic N) is 1. The number of esters is 1.